The third kappa shape index (κ3) is 3.08. The van der Waals surface area contributed by atoms with Crippen LogP contribution in [0.25, 0.3) is 5.57 Å². The number of hydrogen-bond donors (Lipinski definition) is 0. The molecule has 1 aliphatic rings. The van der Waals surface area contributed by atoms with Crippen molar-refractivity contribution in [2.45, 2.75) is 18.9 Å². The van der Waals surface area contributed by atoms with Gasteiger partial charge in [-0.1, -0.05) is 36.9 Å². The minimum Gasteiger partial charge on any atom is -0.497 e. The number of nitrogens with zero attached hydrogens (tertiary/aromatic N) is 1. The molecule has 1 heterocycles. The van der Waals surface area contributed by atoms with Gasteiger partial charge in [0.05, 0.1) is 7.11 Å². The van der Waals surface area contributed by atoms with Gasteiger partial charge in [-0.2, -0.15) is 0 Å². The Hall–Kier alpha value is -2.88. The fourth-order valence-electron chi connectivity index (χ4n) is 2.65. The van der Waals surface area contributed by atoms with Crippen molar-refractivity contribution in [1.82, 2.24) is 0 Å². The van der Waals surface area contributed by atoms with E-state index in [4.69, 9.17) is 9.47 Å². The summed E-state index contributed by atoms with van der Waals surface area (Å²) in [5, 5.41) is 0. The summed E-state index contributed by atoms with van der Waals surface area (Å²) in [6.45, 7) is 5.88. The van der Waals surface area contributed by atoms with E-state index in [-0.39, 0.29) is 5.97 Å². The summed E-state index contributed by atoms with van der Waals surface area (Å²) in [4.78, 5) is 16.9. The van der Waals surface area contributed by atoms with E-state index in [1.165, 1.54) is 0 Å². The Kier molecular flexibility index (Phi) is 4.21. The summed E-state index contributed by atoms with van der Waals surface area (Å²) in [5.74, 6) is 0.795. The average molecular weight is 321 g/mol. The Bertz CT molecular complexity index is 793. The molecule has 0 aliphatic carbocycles. The predicted octanol–water partition coefficient (Wildman–Crippen LogP) is 3.86. The molecule has 0 amide bonds. The highest BCUT2D eigenvalue weighted by Crippen LogP contribution is 2.32. The van der Waals surface area contributed by atoms with Crippen molar-refractivity contribution >= 4 is 17.4 Å². The van der Waals surface area contributed by atoms with E-state index in [9.17, 15) is 4.79 Å². The second-order valence-corrected chi connectivity index (χ2v) is 5.96. The second-order valence-electron chi connectivity index (χ2n) is 5.96. The van der Waals surface area contributed by atoms with Gasteiger partial charge in [0.1, 0.15) is 5.75 Å². The molecule has 122 valence electrons. The number of aliphatic imine (C=N–C) groups is 1. The van der Waals surface area contributed by atoms with Crippen molar-refractivity contribution in [3.05, 3.63) is 72.3 Å². The summed E-state index contributed by atoms with van der Waals surface area (Å²) in [6, 6.07) is 17.0. The van der Waals surface area contributed by atoms with Crippen LogP contribution in [0.2, 0.25) is 0 Å². The third-order valence-corrected chi connectivity index (χ3v) is 4.05. The quantitative estimate of drug-likeness (QED) is 0.786. The van der Waals surface area contributed by atoms with Gasteiger partial charge in [-0.25, -0.2) is 9.79 Å². The second kappa shape index (κ2) is 6.32. The van der Waals surface area contributed by atoms with Crippen molar-refractivity contribution in [3.8, 4) is 5.75 Å². The molecular weight excluding hydrogens is 302 g/mol. The van der Waals surface area contributed by atoms with Crippen LogP contribution in [0.4, 0.5) is 0 Å². The monoisotopic (exact) mass is 321 g/mol. The van der Waals surface area contributed by atoms with Crippen molar-refractivity contribution in [3.63, 3.8) is 0 Å². The molecule has 0 radical (unpaired) electrons. The molecule has 4 heteroatoms. The summed E-state index contributed by atoms with van der Waals surface area (Å²) in [5.41, 5.74) is 1.62. The van der Waals surface area contributed by atoms with Crippen LogP contribution in [0.1, 0.15) is 24.5 Å². The maximum Gasteiger partial charge on any atom is 0.340 e. The molecule has 1 atom stereocenters. The summed E-state index contributed by atoms with van der Waals surface area (Å²) in [6.07, 6.45) is 0.397. The average Bonchev–Trinajstić information content (AvgIpc) is 2.90. The lowest BCUT2D eigenvalue weighted by atomic mass is 9.91. The van der Waals surface area contributed by atoms with Gasteiger partial charge in [0, 0.05) is 12.0 Å². The fourth-order valence-corrected chi connectivity index (χ4v) is 2.65. The number of ether oxygens (including phenoxy) is 2. The highest BCUT2D eigenvalue weighted by Gasteiger charge is 2.42. The van der Waals surface area contributed by atoms with Crippen molar-refractivity contribution in [2.24, 2.45) is 4.99 Å². The number of rotatable bonds is 5. The molecule has 24 heavy (non-hydrogen) atoms. The van der Waals surface area contributed by atoms with Gasteiger partial charge in [0.2, 0.25) is 5.90 Å². The lowest BCUT2D eigenvalue weighted by Gasteiger charge is -2.18. The molecular formula is C20H19NO3. The Morgan fingerprint density at radius 3 is 2.46 bits per heavy atom. The van der Waals surface area contributed by atoms with E-state index in [2.05, 4.69) is 11.6 Å². The van der Waals surface area contributed by atoms with Crippen LogP contribution in [-0.4, -0.2) is 24.5 Å². The molecule has 3 rings (SSSR count). The Balaban J connectivity index is 1.81. The number of cyclic esters (lactones) is 1. The topological polar surface area (TPSA) is 47.9 Å². The zero-order valence-electron chi connectivity index (χ0n) is 13.8. The number of hydrogen-bond acceptors (Lipinski definition) is 4. The Morgan fingerprint density at radius 1 is 1.17 bits per heavy atom. The van der Waals surface area contributed by atoms with Gasteiger partial charge in [0.15, 0.2) is 5.54 Å². The summed E-state index contributed by atoms with van der Waals surface area (Å²) >= 11 is 0. The number of methoxy groups -OCH3 is 1. The smallest absolute Gasteiger partial charge is 0.340 e. The van der Waals surface area contributed by atoms with Gasteiger partial charge in [0.25, 0.3) is 0 Å². The van der Waals surface area contributed by atoms with Gasteiger partial charge in [-0.05, 0) is 42.3 Å². The molecule has 0 spiro atoms. The van der Waals surface area contributed by atoms with Gasteiger partial charge < -0.3 is 9.47 Å². The molecule has 0 aromatic heterocycles. The molecule has 0 fully saturated rings. The van der Waals surface area contributed by atoms with Crippen LogP contribution in [0, 0.1) is 0 Å². The molecule has 2 aromatic rings. The maximum atomic E-state index is 12.3. The van der Waals surface area contributed by atoms with E-state index in [0.29, 0.717) is 12.3 Å². The van der Waals surface area contributed by atoms with Crippen LogP contribution < -0.4 is 4.74 Å². The maximum absolute atomic E-state index is 12.3. The highest BCUT2D eigenvalue weighted by molar-refractivity contribution is 6.08. The minimum absolute atomic E-state index is 0.351. The number of carbonyl (C=O) groups excluding carboxylic acids is 1. The first-order valence-corrected chi connectivity index (χ1v) is 7.71. The van der Waals surface area contributed by atoms with Crippen LogP contribution in [0.15, 0.2) is 66.2 Å². The SMILES string of the molecule is C=C(CC1(C)N=C(c2ccccc2)OC1=O)c1ccc(OC)cc1. The van der Waals surface area contributed by atoms with Gasteiger partial charge in [-0.15, -0.1) is 0 Å². The number of carbonyl (C=O) groups is 1. The standard InChI is InChI=1S/C20H19NO3/c1-14(15-9-11-17(23-3)12-10-15)13-20(2)19(22)24-18(21-20)16-7-5-4-6-8-16/h4-12H,1,13H2,2-3H3. The van der Waals surface area contributed by atoms with Crippen LogP contribution in [0.5, 0.6) is 5.75 Å². The lowest BCUT2D eigenvalue weighted by Crippen LogP contribution is -2.30. The largest absolute Gasteiger partial charge is 0.497 e. The van der Waals surface area contributed by atoms with E-state index < -0.39 is 5.54 Å². The molecule has 1 aliphatic heterocycles. The summed E-state index contributed by atoms with van der Waals surface area (Å²) < 4.78 is 10.5. The predicted molar refractivity (Wildman–Crippen MR) is 94.1 cm³/mol. The van der Waals surface area contributed by atoms with Gasteiger partial charge in [-0.3, -0.25) is 0 Å². The van der Waals surface area contributed by atoms with Crippen molar-refractivity contribution < 1.29 is 14.3 Å². The van der Waals surface area contributed by atoms with E-state index in [1.807, 2.05) is 54.6 Å². The normalized spacial score (nSPS) is 19.6. The summed E-state index contributed by atoms with van der Waals surface area (Å²) in [7, 11) is 1.62. The first-order valence-electron chi connectivity index (χ1n) is 7.71. The zero-order chi connectivity index (χ0) is 17.2. The molecule has 4 nitrogen and oxygen atoms in total. The number of esters is 1. The van der Waals surface area contributed by atoms with Gasteiger partial charge >= 0.3 is 5.97 Å². The lowest BCUT2D eigenvalue weighted by molar-refractivity contribution is -0.138. The molecule has 1 unspecified atom stereocenters. The fraction of sp³-hybridized carbons (Fsp3) is 0.200. The molecule has 0 N–H and O–H groups in total. The van der Waals surface area contributed by atoms with E-state index in [0.717, 1.165) is 22.4 Å². The molecule has 0 bridgehead atoms. The van der Waals surface area contributed by atoms with E-state index in [1.54, 1.807) is 14.0 Å². The third-order valence-electron chi connectivity index (χ3n) is 4.05. The zero-order valence-corrected chi connectivity index (χ0v) is 13.8. The highest BCUT2D eigenvalue weighted by atomic mass is 16.6. The van der Waals surface area contributed by atoms with E-state index >= 15 is 0 Å². The van der Waals surface area contributed by atoms with Crippen molar-refractivity contribution in [2.75, 3.05) is 7.11 Å². The first-order chi connectivity index (χ1) is 11.5. The first kappa shape index (κ1) is 16.0. The van der Waals surface area contributed by atoms with Crippen LogP contribution in [-0.2, 0) is 9.53 Å². The minimum atomic E-state index is -0.956. The molecule has 0 saturated heterocycles. The Morgan fingerprint density at radius 2 is 1.83 bits per heavy atom. The molecule has 0 saturated carbocycles. The van der Waals surface area contributed by atoms with Crippen molar-refractivity contribution in [1.29, 1.82) is 0 Å². The van der Waals surface area contributed by atoms with Crippen LogP contribution in [0.3, 0.4) is 0 Å². The Labute approximate surface area is 141 Å². The number of benzene rings is 2. The molecule has 2 aromatic carbocycles. The van der Waals surface area contributed by atoms with Crippen LogP contribution >= 0.6 is 0 Å².